The Morgan fingerprint density at radius 2 is 1.76 bits per heavy atom. The first-order chi connectivity index (χ1) is 10.2. The molecule has 0 spiro atoms. The zero-order chi connectivity index (χ0) is 14.4. The molecule has 1 heteroatoms. The van der Waals surface area contributed by atoms with Crippen molar-refractivity contribution in [2.75, 3.05) is 0 Å². The molecule has 1 aliphatic heterocycles. The Kier molecular flexibility index (Phi) is 2.87. The molecule has 104 valence electrons. The molecule has 0 N–H and O–H groups in total. The van der Waals surface area contributed by atoms with Gasteiger partial charge < -0.3 is 0 Å². The number of fused-ring (bicyclic) bond motifs is 3. The summed E-state index contributed by atoms with van der Waals surface area (Å²) < 4.78 is 0. The number of rotatable bonds is 1. The fourth-order valence-corrected chi connectivity index (χ4v) is 4.84. The van der Waals surface area contributed by atoms with Crippen molar-refractivity contribution >= 4 is 17.3 Å². The molecule has 0 fully saturated rings. The minimum Gasteiger partial charge on any atom is -0.0926 e. The topological polar surface area (TPSA) is 0 Å². The Balaban J connectivity index is 1.91. The van der Waals surface area contributed by atoms with Crippen molar-refractivity contribution in [2.24, 2.45) is 0 Å². The first-order valence-corrected chi connectivity index (χ1v) is 8.26. The molecule has 0 bridgehead atoms. The molecule has 2 aromatic rings. The molecule has 0 amide bonds. The lowest BCUT2D eigenvalue weighted by atomic mass is 9.74. The van der Waals surface area contributed by atoms with Crippen molar-refractivity contribution in [3.05, 3.63) is 82.3 Å². The van der Waals surface area contributed by atoms with Gasteiger partial charge >= 0.3 is 0 Å². The lowest BCUT2D eigenvalue weighted by Crippen LogP contribution is -2.22. The van der Waals surface area contributed by atoms with Crippen LogP contribution in [0.15, 0.2) is 70.5 Å². The molecule has 1 unspecified atom stereocenters. The number of thioether (sulfide) groups is 1. The van der Waals surface area contributed by atoms with Crippen molar-refractivity contribution < 1.29 is 0 Å². The summed E-state index contributed by atoms with van der Waals surface area (Å²) in [7, 11) is 0. The molecule has 1 heterocycles. The van der Waals surface area contributed by atoms with E-state index in [-0.39, 0.29) is 5.41 Å². The minimum absolute atomic E-state index is 0.149. The molecule has 0 nitrogen and oxygen atoms in total. The molecule has 0 radical (unpaired) electrons. The largest absolute Gasteiger partial charge is 0.0926 e. The van der Waals surface area contributed by atoms with Crippen LogP contribution in [0.4, 0.5) is 0 Å². The highest BCUT2D eigenvalue weighted by Gasteiger charge is 2.41. The van der Waals surface area contributed by atoms with Crippen LogP contribution < -0.4 is 0 Å². The SMILES string of the molecule is Cc1ccc(C2=C3Sc4ccccc4C3(C)CC=C2)cc1. The van der Waals surface area contributed by atoms with Gasteiger partial charge in [-0.25, -0.2) is 0 Å². The Morgan fingerprint density at radius 1 is 1.00 bits per heavy atom. The van der Waals surface area contributed by atoms with Gasteiger partial charge in [0.05, 0.1) is 0 Å². The third-order valence-corrected chi connectivity index (χ3v) is 6.06. The van der Waals surface area contributed by atoms with Crippen LogP contribution in [-0.4, -0.2) is 0 Å². The molecular weight excluding hydrogens is 272 g/mol. The van der Waals surface area contributed by atoms with E-state index in [0.29, 0.717) is 0 Å². The molecule has 0 saturated heterocycles. The summed E-state index contributed by atoms with van der Waals surface area (Å²) in [4.78, 5) is 2.93. The fraction of sp³-hybridized carbons (Fsp3) is 0.200. The van der Waals surface area contributed by atoms with Gasteiger partial charge in [0.1, 0.15) is 0 Å². The van der Waals surface area contributed by atoms with E-state index in [2.05, 4.69) is 74.5 Å². The molecule has 4 rings (SSSR count). The summed E-state index contributed by atoms with van der Waals surface area (Å²) in [5.74, 6) is 0. The summed E-state index contributed by atoms with van der Waals surface area (Å²) in [6, 6.07) is 17.8. The first kappa shape index (κ1) is 13.0. The van der Waals surface area contributed by atoms with Gasteiger partial charge in [0, 0.05) is 15.2 Å². The van der Waals surface area contributed by atoms with Crippen molar-refractivity contribution in [1.29, 1.82) is 0 Å². The average Bonchev–Trinajstić information content (AvgIpc) is 2.81. The standard InChI is InChI=1S/C20H18S/c1-14-9-11-15(12-10-14)16-6-5-13-20(2)17-7-3-4-8-18(17)21-19(16)20/h3-12H,13H2,1-2H3. The number of aryl methyl sites for hydroxylation is 1. The van der Waals surface area contributed by atoms with Crippen molar-refractivity contribution in [2.45, 2.75) is 30.6 Å². The van der Waals surface area contributed by atoms with Gasteiger partial charge in [0.15, 0.2) is 0 Å². The number of hydrogen-bond acceptors (Lipinski definition) is 1. The molecule has 0 aromatic heterocycles. The Hall–Kier alpha value is -1.73. The minimum atomic E-state index is 0.149. The van der Waals surface area contributed by atoms with E-state index in [1.165, 1.54) is 32.1 Å². The van der Waals surface area contributed by atoms with Crippen LogP contribution in [0.2, 0.25) is 0 Å². The van der Waals surface area contributed by atoms with Crippen LogP contribution in [0, 0.1) is 6.92 Å². The summed E-state index contributed by atoms with van der Waals surface area (Å²) in [5.41, 5.74) is 5.67. The van der Waals surface area contributed by atoms with Gasteiger partial charge in [0.25, 0.3) is 0 Å². The highest BCUT2D eigenvalue weighted by molar-refractivity contribution is 8.03. The predicted octanol–water partition coefficient (Wildman–Crippen LogP) is 5.73. The molecule has 2 aliphatic rings. The summed E-state index contributed by atoms with van der Waals surface area (Å²) in [5, 5.41) is 0. The van der Waals surface area contributed by atoms with Crippen molar-refractivity contribution in [1.82, 2.24) is 0 Å². The van der Waals surface area contributed by atoms with Crippen molar-refractivity contribution in [3.63, 3.8) is 0 Å². The molecule has 21 heavy (non-hydrogen) atoms. The van der Waals surface area contributed by atoms with Crippen LogP contribution in [0.1, 0.15) is 30.0 Å². The second-order valence-corrected chi connectivity index (χ2v) is 7.20. The first-order valence-electron chi connectivity index (χ1n) is 7.44. The Bertz CT molecular complexity index is 765. The van der Waals surface area contributed by atoms with E-state index >= 15 is 0 Å². The maximum atomic E-state index is 2.39. The van der Waals surface area contributed by atoms with Gasteiger partial charge in [-0.1, -0.05) is 78.9 Å². The lowest BCUT2D eigenvalue weighted by molar-refractivity contribution is 0.591. The van der Waals surface area contributed by atoms with Crippen LogP contribution in [-0.2, 0) is 5.41 Å². The van der Waals surface area contributed by atoms with E-state index in [1.54, 1.807) is 0 Å². The molecule has 0 saturated carbocycles. The van der Waals surface area contributed by atoms with E-state index in [9.17, 15) is 0 Å². The lowest BCUT2D eigenvalue weighted by Gasteiger charge is -2.30. The van der Waals surface area contributed by atoms with Gasteiger partial charge in [-0.3, -0.25) is 0 Å². The number of allylic oxidation sites excluding steroid dienone is 4. The maximum Gasteiger partial charge on any atom is 0.0289 e. The quantitative estimate of drug-likeness (QED) is 0.646. The summed E-state index contributed by atoms with van der Waals surface area (Å²) in [6.07, 6.45) is 5.74. The monoisotopic (exact) mass is 290 g/mol. The van der Waals surface area contributed by atoms with E-state index in [4.69, 9.17) is 0 Å². The number of benzene rings is 2. The third-order valence-electron chi connectivity index (χ3n) is 4.61. The van der Waals surface area contributed by atoms with Gasteiger partial charge in [-0.2, -0.15) is 0 Å². The van der Waals surface area contributed by atoms with Crippen LogP contribution in [0.3, 0.4) is 0 Å². The van der Waals surface area contributed by atoms with Gasteiger partial charge in [0.2, 0.25) is 0 Å². The zero-order valence-electron chi connectivity index (χ0n) is 12.4. The van der Waals surface area contributed by atoms with Gasteiger partial charge in [-0.05, 0) is 36.1 Å². The Morgan fingerprint density at radius 3 is 2.57 bits per heavy atom. The highest BCUT2D eigenvalue weighted by Crippen LogP contribution is 2.58. The number of hydrogen-bond donors (Lipinski definition) is 0. The fourth-order valence-electron chi connectivity index (χ4n) is 3.36. The molecular formula is C20H18S. The smallest absolute Gasteiger partial charge is 0.0289 e. The maximum absolute atomic E-state index is 2.39. The second-order valence-electron chi connectivity index (χ2n) is 6.15. The normalized spacial score (nSPS) is 23.1. The Labute approximate surface area is 130 Å². The van der Waals surface area contributed by atoms with Gasteiger partial charge in [-0.15, -0.1) is 0 Å². The summed E-state index contributed by atoms with van der Waals surface area (Å²) in [6.45, 7) is 4.53. The predicted molar refractivity (Wildman–Crippen MR) is 91.5 cm³/mol. The van der Waals surface area contributed by atoms with Crippen LogP contribution in [0.5, 0.6) is 0 Å². The van der Waals surface area contributed by atoms with Crippen LogP contribution in [0.25, 0.3) is 5.57 Å². The van der Waals surface area contributed by atoms with E-state index in [1.807, 2.05) is 11.8 Å². The second kappa shape index (κ2) is 4.64. The summed E-state index contributed by atoms with van der Waals surface area (Å²) >= 11 is 1.95. The van der Waals surface area contributed by atoms with Crippen molar-refractivity contribution in [3.8, 4) is 0 Å². The molecule has 1 atom stereocenters. The zero-order valence-corrected chi connectivity index (χ0v) is 13.2. The third kappa shape index (κ3) is 1.91. The van der Waals surface area contributed by atoms with Crippen LogP contribution >= 0.6 is 11.8 Å². The highest BCUT2D eigenvalue weighted by atomic mass is 32.2. The van der Waals surface area contributed by atoms with E-state index < -0.39 is 0 Å². The van der Waals surface area contributed by atoms with E-state index in [0.717, 1.165) is 6.42 Å². The average molecular weight is 290 g/mol. The molecule has 2 aromatic carbocycles. The molecule has 1 aliphatic carbocycles.